The van der Waals surface area contributed by atoms with Crippen molar-refractivity contribution in [2.75, 3.05) is 11.4 Å². The Morgan fingerprint density at radius 2 is 1.43 bits per heavy atom. The normalized spacial score (nSPS) is 15.7. The van der Waals surface area contributed by atoms with E-state index in [9.17, 15) is 0 Å². The number of fused-ring (bicyclic) bond motifs is 4. The van der Waals surface area contributed by atoms with Crippen LogP contribution in [0.4, 0.5) is 5.69 Å². The molecule has 0 spiro atoms. The Labute approximate surface area is 283 Å². The molecule has 232 valence electrons. The van der Waals surface area contributed by atoms with Gasteiger partial charge in [-0.2, -0.15) is 0 Å². The Hall–Kier alpha value is -4.14. The largest absolute Gasteiger partial charge is 0.344 e. The molecule has 5 aromatic rings. The average molecular weight is 667 g/mol. The fourth-order valence-electron chi connectivity index (χ4n) is 7.34. The van der Waals surface area contributed by atoms with Crippen LogP contribution < -0.4 is 4.90 Å². The molecule has 6 rings (SSSR count). The van der Waals surface area contributed by atoms with Crippen molar-refractivity contribution >= 4 is 43.2 Å². The molecular formula is C44H44BrN. The molecule has 1 nitrogen and oxygen atoms in total. The number of halogens is 1. The minimum absolute atomic E-state index is 0.145. The van der Waals surface area contributed by atoms with Gasteiger partial charge in [-0.15, -0.1) is 0 Å². The first kappa shape index (κ1) is 31.8. The molecule has 0 amide bonds. The number of rotatable bonds is 9. The molecule has 0 radical (unpaired) electrons. The summed E-state index contributed by atoms with van der Waals surface area (Å²) in [4.78, 5) is 2.55. The van der Waals surface area contributed by atoms with Crippen LogP contribution in [-0.2, 0) is 17.3 Å². The van der Waals surface area contributed by atoms with Crippen LogP contribution in [0.1, 0.15) is 56.4 Å². The lowest BCUT2D eigenvalue weighted by Crippen LogP contribution is -2.27. The van der Waals surface area contributed by atoms with Gasteiger partial charge in [-0.05, 0) is 93.4 Å². The van der Waals surface area contributed by atoms with Gasteiger partial charge < -0.3 is 4.90 Å². The number of benzene rings is 5. The predicted molar refractivity (Wildman–Crippen MR) is 204 cm³/mol. The van der Waals surface area contributed by atoms with Crippen molar-refractivity contribution in [3.63, 3.8) is 0 Å². The van der Waals surface area contributed by atoms with E-state index in [4.69, 9.17) is 0 Å². The van der Waals surface area contributed by atoms with E-state index >= 15 is 0 Å². The number of allylic oxidation sites excluding steroid dienone is 7. The minimum atomic E-state index is -0.223. The summed E-state index contributed by atoms with van der Waals surface area (Å²) in [7, 11) is 0. The molecule has 1 aliphatic rings. The first-order valence-electron chi connectivity index (χ1n) is 16.4. The smallest absolute Gasteiger partial charge is 0.0457 e. The zero-order valence-electron chi connectivity index (χ0n) is 27.8. The maximum Gasteiger partial charge on any atom is 0.0457 e. The molecule has 46 heavy (non-hydrogen) atoms. The highest BCUT2D eigenvalue weighted by molar-refractivity contribution is 9.11. The third-order valence-electron chi connectivity index (χ3n) is 9.85. The lowest BCUT2D eigenvalue weighted by Gasteiger charge is -2.30. The SMILES string of the molecule is C=C(/C=C/C(Br)=C/C=C1/N(CCCc2ccccc2)c2ccc3ccccc3c2C1(C)C)C(C)(C)c1c(C)ccc2ccccc12. The lowest BCUT2D eigenvalue weighted by atomic mass is 9.74. The van der Waals surface area contributed by atoms with Gasteiger partial charge in [-0.25, -0.2) is 0 Å². The molecule has 2 heteroatoms. The van der Waals surface area contributed by atoms with Crippen molar-refractivity contribution in [1.82, 2.24) is 0 Å². The number of hydrogen-bond donors (Lipinski definition) is 0. The van der Waals surface area contributed by atoms with Gasteiger partial charge in [0.2, 0.25) is 0 Å². The number of nitrogens with zero attached hydrogens (tertiary/aromatic N) is 1. The van der Waals surface area contributed by atoms with E-state index < -0.39 is 0 Å². The molecule has 0 unspecified atom stereocenters. The molecule has 1 heterocycles. The van der Waals surface area contributed by atoms with Crippen molar-refractivity contribution in [2.45, 2.75) is 58.3 Å². The van der Waals surface area contributed by atoms with Crippen molar-refractivity contribution in [3.8, 4) is 0 Å². The Balaban J connectivity index is 1.30. The van der Waals surface area contributed by atoms with Gasteiger partial charge in [0.05, 0.1) is 0 Å². The summed E-state index contributed by atoms with van der Waals surface area (Å²) in [6.07, 6.45) is 11.0. The molecule has 5 aromatic carbocycles. The molecule has 0 aromatic heterocycles. The fourth-order valence-corrected chi connectivity index (χ4v) is 7.60. The van der Waals surface area contributed by atoms with Crippen LogP contribution in [0.15, 0.2) is 150 Å². The van der Waals surface area contributed by atoms with E-state index in [0.717, 1.165) is 29.4 Å². The van der Waals surface area contributed by atoms with E-state index in [1.54, 1.807) is 0 Å². The Morgan fingerprint density at radius 3 is 2.17 bits per heavy atom. The second kappa shape index (κ2) is 12.9. The van der Waals surface area contributed by atoms with Crippen LogP contribution in [0, 0.1) is 6.92 Å². The summed E-state index contributed by atoms with van der Waals surface area (Å²) < 4.78 is 1.02. The van der Waals surface area contributed by atoms with E-state index in [0.29, 0.717) is 0 Å². The third kappa shape index (κ3) is 6.04. The van der Waals surface area contributed by atoms with Crippen molar-refractivity contribution in [3.05, 3.63) is 172 Å². The highest BCUT2D eigenvalue weighted by atomic mass is 79.9. The van der Waals surface area contributed by atoms with Gasteiger partial charge in [0.15, 0.2) is 0 Å². The van der Waals surface area contributed by atoms with Gasteiger partial charge in [0.1, 0.15) is 0 Å². The standard InChI is InChI=1S/C44H44BrN/c1-31-22-24-34-18-10-12-20-37(34)41(31)43(3,4)32(2)23-26-36(45)27-29-40-44(5,6)42-38-21-13-11-19-35(38)25-28-39(42)46(40)30-14-17-33-15-8-7-9-16-33/h7-13,15-16,18-29H,2,14,17,30H2,1,3-6H3/b26-23+,36-27-,40-29+. The highest BCUT2D eigenvalue weighted by Gasteiger charge is 2.40. The van der Waals surface area contributed by atoms with Gasteiger partial charge in [0.25, 0.3) is 0 Å². The van der Waals surface area contributed by atoms with Gasteiger partial charge in [-0.1, -0.05) is 153 Å². The molecule has 0 fully saturated rings. The predicted octanol–water partition coefficient (Wildman–Crippen LogP) is 12.3. The van der Waals surface area contributed by atoms with Crippen LogP contribution in [0.3, 0.4) is 0 Å². The van der Waals surface area contributed by atoms with Crippen LogP contribution in [0.2, 0.25) is 0 Å². The topological polar surface area (TPSA) is 3.24 Å². The first-order valence-corrected chi connectivity index (χ1v) is 17.2. The van der Waals surface area contributed by atoms with Gasteiger partial charge in [-0.3, -0.25) is 0 Å². The highest BCUT2D eigenvalue weighted by Crippen LogP contribution is 2.51. The fraction of sp³-hybridized carbons (Fsp3) is 0.227. The van der Waals surface area contributed by atoms with Crippen molar-refractivity contribution in [2.24, 2.45) is 0 Å². The summed E-state index contributed by atoms with van der Waals surface area (Å²) in [5.74, 6) is 0. The van der Waals surface area contributed by atoms with E-state index in [2.05, 4.69) is 189 Å². The Morgan fingerprint density at radius 1 is 0.804 bits per heavy atom. The molecule has 0 saturated heterocycles. The van der Waals surface area contributed by atoms with E-state index in [1.165, 1.54) is 55.2 Å². The average Bonchev–Trinajstić information content (AvgIpc) is 3.28. The summed E-state index contributed by atoms with van der Waals surface area (Å²) in [6.45, 7) is 17.0. The zero-order valence-corrected chi connectivity index (χ0v) is 29.4. The van der Waals surface area contributed by atoms with Crippen molar-refractivity contribution in [1.29, 1.82) is 0 Å². The van der Waals surface area contributed by atoms with Crippen molar-refractivity contribution < 1.29 is 0 Å². The Bertz CT molecular complexity index is 2000. The summed E-state index contributed by atoms with van der Waals surface area (Å²) in [6, 6.07) is 37.3. The lowest BCUT2D eigenvalue weighted by molar-refractivity contribution is 0.629. The van der Waals surface area contributed by atoms with Gasteiger partial charge >= 0.3 is 0 Å². The Kier molecular flexibility index (Phi) is 8.95. The van der Waals surface area contributed by atoms with Crippen LogP contribution in [-0.4, -0.2) is 6.54 Å². The molecule has 0 atom stereocenters. The minimum Gasteiger partial charge on any atom is -0.344 e. The summed E-state index contributed by atoms with van der Waals surface area (Å²) in [5.41, 5.74) is 8.79. The first-order chi connectivity index (χ1) is 22.1. The van der Waals surface area contributed by atoms with Crippen LogP contribution >= 0.6 is 15.9 Å². The van der Waals surface area contributed by atoms with Crippen LogP contribution in [0.5, 0.6) is 0 Å². The van der Waals surface area contributed by atoms with E-state index in [-0.39, 0.29) is 10.8 Å². The maximum atomic E-state index is 4.55. The number of aryl methyl sites for hydroxylation is 2. The van der Waals surface area contributed by atoms with E-state index in [1.807, 2.05) is 0 Å². The number of hydrogen-bond acceptors (Lipinski definition) is 1. The quantitative estimate of drug-likeness (QED) is 0.142. The summed E-state index contributed by atoms with van der Waals surface area (Å²) in [5, 5.41) is 5.19. The molecule has 0 aliphatic carbocycles. The molecular weight excluding hydrogens is 622 g/mol. The number of anilines is 1. The summed E-state index contributed by atoms with van der Waals surface area (Å²) >= 11 is 3.88. The maximum absolute atomic E-state index is 4.55. The molecule has 0 bridgehead atoms. The van der Waals surface area contributed by atoms with Crippen LogP contribution in [0.25, 0.3) is 21.5 Å². The second-order valence-electron chi connectivity index (χ2n) is 13.6. The molecule has 1 aliphatic heterocycles. The molecule has 0 saturated carbocycles. The third-order valence-corrected chi connectivity index (χ3v) is 10.4. The molecule has 0 N–H and O–H groups in total. The second-order valence-corrected chi connectivity index (χ2v) is 14.5. The van der Waals surface area contributed by atoms with Gasteiger partial charge in [0, 0.05) is 33.2 Å². The monoisotopic (exact) mass is 665 g/mol. The zero-order chi connectivity index (χ0) is 32.5.